The molecule has 4 atom stereocenters. The molecule has 2 amide bonds. The second-order valence-electron chi connectivity index (χ2n) is 10.6. The molecule has 1 aromatic heterocycles. The van der Waals surface area contributed by atoms with Gasteiger partial charge in [0, 0.05) is 36.2 Å². The van der Waals surface area contributed by atoms with E-state index < -0.39 is 42.4 Å². The van der Waals surface area contributed by atoms with Gasteiger partial charge in [0.2, 0.25) is 5.91 Å². The topological polar surface area (TPSA) is 138 Å². The minimum absolute atomic E-state index is 0.0865. The van der Waals surface area contributed by atoms with Gasteiger partial charge in [0.15, 0.2) is 6.29 Å². The largest absolute Gasteiger partial charge is 0.478 e. The van der Waals surface area contributed by atoms with E-state index in [4.69, 9.17) is 9.47 Å². The van der Waals surface area contributed by atoms with Crippen molar-refractivity contribution in [2.45, 2.75) is 61.6 Å². The average Bonchev–Trinajstić information content (AvgIpc) is 3.53. The maximum Gasteiger partial charge on any atom is 0.471 e. The van der Waals surface area contributed by atoms with E-state index in [1.807, 2.05) is 12.1 Å². The monoisotopic (exact) mass is 645 g/mol. The molecule has 2 aromatic carbocycles. The van der Waals surface area contributed by atoms with Crippen LogP contribution < -0.4 is 5.32 Å². The van der Waals surface area contributed by atoms with Crippen LogP contribution in [0.2, 0.25) is 0 Å². The molecule has 0 radical (unpaired) electrons. The van der Waals surface area contributed by atoms with Gasteiger partial charge < -0.3 is 29.9 Å². The molecule has 0 bridgehead atoms. The lowest BCUT2D eigenvalue weighted by Crippen LogP contribution is -2.48. The van der Waals surface area contributed by atoms with Gasteiger partial charge in [0.25, 0.3) is 0 Å². The van der Waals surface area contributed by atoms with Crippen molar-refractivity contribution >= 4 is 35.2 Å². The van der Waals surface area contributed by atoms with Gasteiger partial charge in [0.1, 0.15) is 11.1 Å². The number of carboxylic acid groups (broad SMARTS) is 1. The molecule has 0 spiro atoms. The molecule has 0 aliphatic carbocycles. The first kappa shape index (κ1) is 32.4. The van der Waals surface area contributed by atoms with Gasteiger partial charge in [-0.3, -0.25) is 9.59 Å². The van der Waals surface area contributed by atoms with E-state index in [1.165, 1.54) is 24.0 Å². The lowest BCUT2D eigenvalue weighted by Gasteiger charge is -2.36. The van der Waals surface area contributed by atoms with Gasteiger partial charge in [-0.2, -0.15) is 13.2 Å². The number of rotatable bonds is 9. The highest BCUT2D eigenvalue weighted by Crippen LogP contribution is 2.40. The van der Waals surface area contributed by atoms with Crippen LogP contribution in [-0.2, 0) is 25.7 Å². The molecule has 14 heteroatoms. The van der Waals surface area contributed by atoms with Crippen molar-refractivity contribution < 1.29 is 47.2 Å². The number of aromatic carboxylic acids is 1. The molecule has 3 N–H and O–H groups in total. The molecule has 10 nitrogen and oxygen atoms in total. The summed E-state index contributed by atoms with van der Waals surface area (Å²) < 4.78 is 51.5. The summed E-state index contributed by atoms with van der Waals surface area (Å²) in [6.07, 6.45) is -4.28. The van der Waals surface area contributed by atoms with Crippen LogP contribution in [0, 0.1) is 0 Å². The predicted molar refractivity (Wildman–Crippen MR) is 156 cm³/mol. The standard InChI is InChI=1S/C31H30F3N3O7S/c32-31(33,34)30(42)37-14-2-4-24(37)26(39)36-21-11-9-20(10-12-21)29-43-22(17-45-27-23(28(40)41)3-1-13-35-27)15-25(44-29)19-7-5-18(16-38)6-8-19/h1,3,5-13,22,24-25,29,38H,2,4,14-17H2,(H,36,39)(H,40,41)/t22-,24+,25+,29+/m1/s1. The van der Waals surface area contributed by atoms with Crippen LogP contribution in [0.5, 0.6) is 0 Å². The summed E-state index contributed by atoms with van der Waals surface area (Å²) in [7, 11) is 0. The van der Waals surface area contributed by atoms with Crippen molar-refractivity contribution in [2.75, 3.05) is 17.6 Å². The summed E-state index contributed by atoms with van der Waals surface area (Å²) in [6, 6.07) is 15.6. The number of anilines is 1. The van der Waals surface area contributed by atoms with Gasteiger partial charge in [-0.05, 0) is 48.2 Å². The Bertz CT molecular complexity index is 1520. The van der Waals surface area contributed by atoms with Crippen molar-refractivity contribution in [1.29, 1.82) is 0 Å². The van der Waals surface area contributed by atoms with Gasteiger partial charge in [-0.15, -0.1) is 11.8 Å². The van der Waals surface area contributed by atoms with E-state index >= 15 is 0 Å². The summed E-state index contributed by atoms with van der Waals surface area (Å²) in [5.74, 6) is -3.44. The molecule has 0 unspecified atom stereocenters. The van der Waals surface area contributed by atoms with E-state index in [0.717, 1.165) is 11.1 Å². The van der Waals surface area contributed by atoms with Crippen molar-refractivity contribution in [3.05, 3.63) is 89.1 Å². The number of aromatic nitrogens is 1. The highest BCUT2D eigenvalue weighted by Gasteiger charge is 2.47. The maximum atomic E-state index is 13.0. The molecule has 3 heterocycles. The minimum atomic E-state index is -5.06. The van der Waals surface area contributed by atoms with E-state index in [2.05, 4.69) is 10.3 Å². The molecule has 3 aromatic rings. The number of aliphatic hydroxyl groups is 1. The number of halogens is 3. The Kier molecular flexibility index (Phi) is 10.1. The van der Waals surface area contributed by atoms with Crippen LogP contribution in [0.4, 0.5) is 18.9 Å². The molecule has 238 valence electrons. The summed E-state index contributed by atoms with van der Waals surface area (Å²) in [5.41, 5.74) is 2.62. The fourth-order valence-corrected chi connectivity index (χ4v) is 6.26. The summed E-state index contributed by atoms with van der Waals surface area (Å²) in [6.45, 7) is -0.250. The third-order valence-corrected chi connectivity index (χ3v) is 8.67. The number of alkyl halides is 3. The minimum Gasteiger partial charge on any atom is -0.478 e. The fraction of sp³-hybridized carbons (Fsp3) is 0.355. The van der Waals surface area contributed by atoms with Gasteiger partial charge >= 0.3 is 18.1 Å². The Balaban J connectivity index is 1.30. The number of benzene rings is 2. The van der Waals surface area contributed by atoms with Crippen LogP contribution in [0.15, 0.2) is 71.9 Å². The van der Waals surface area contributed by atoms with Crippen LogP contribution in [0.3, 0.4) is 0 Å². The highest BCUT2D eigenvalue weighted by molar-refractivity contribution is 7.99. The second-order valence-corrected chi connectivity index (χ2v) is 11.6. The van der Waals surface area contributed by atoms with Gasteiger partial charge in [-0.25, -0.2) is 9.78 Å². The van der Waals surface area contributed by atoms with Crippen LogP contribution in [0.25, 0.3) is 0 Å². The Labute approximate surface area is 260 Å². The first-order valence-electron chi connectivity index (χ1n) is 14.1. The van der Waals surface area contributed by atoms with E-state index in [0.29, 0.717) is 33.4 Å². The number of hydrogen-bond donors (Lipinski definition) is 3. The van der Waals surface area contributed by atoms with Gasteiger partial charge in [0.05, 0.1) is 24.4 Å². The number of pyridine rings is 1. The number of nitrogens with one attached hydrogen (secondary N) is 1. The number of ether oxygens (including phenoxy) is 2. The zero-order valence-electron chi connectivity index (χ0n) is 23.8. The zero-order chi connectivity index (χ0) is 32.1. The molecule has 2 aliphatic heterocycles. The first-order chi connectivity index (χ1) is 21.5. The normalized spacial score (nSPS) is 21.8. The van der Waals surface area contributed by atoms with Crippen molar-refractivity contribution in [3.8, 4) is 0 Å². The number of amides is 2. The number of nitrogens with zero attached hydrogens (tertiary/aromatic N) is 2. The molecule has 2 aliphatic rings. The van der Waals surface area contributed by atoms with E-state index in [1.54, 1.807) is 42.5 Å². The van der Waals surface area contributed by atoms with E-state index in [-0.39, 0.29) is 37.7 Å². The third kappa shape index (κ3) is 7.82. The van der Waals surface area contributed by atoms with Crippen molar-refractivity contribution in [3.63, 3.8) is 0 Å². The lowest BCUT2D eigenvalue weighted by molar-refractivity contribution is -0.245. The molecule has 2 saturated heterocycles. The number of carbonyl (C=O) groups excluding carboxylic acids is 2. The zero-order valence-corrected chi connectivity index (χ0v) is 24.6. The Morgan fingerprint density at radius 2 is 1.73 bits per heavy atom. The van der Waals surface area contributed by atoms with Crippen LogP contribution in [-0.4, -0.2) is 68.5 Å². The van der Waals surface area contributed by atoms with Crippen molar-refractivity contribution in [1.82, 2.24) is 9.88 Å². The number of carbonyl (C=O) groups is 3. The summed E-state index contributed by atoms with van der Waals surface area (Å²) in [4.78, 5) is 41.0. The van der Waals surface area contributed by atoms with Gasteiger partial charge in [-0.1, -0.05) is 36.4 Å². The first-order valence-corrected chi connectivity index (χ1v) is 15.1. The number of carboxylic acids is 1. The highest BCUT2D eigenvalue weighted by atomic mass is 32.2. The second kappa shape index (κ2) is 14.0. The maximum absolute atomic E-state index is 13.0. The molecular weight excluding hydrogens is 615 g/mol. The molecule has 45 heavy (non-hydrogen) atoms. The molecule has 2 fully saturated rings. The fourth-order valence-electron chi connectivity index (χ4n) is 5.26. The molecular formula is C31H30F3N3O7S. The quantitative estimate of drug-likeness (QED) is 0.271. The Morgan fingerprint density at radius 1 is 1.02 bits per heavy atom. The van der Waals surface area contributed by atoms with Crippen LogP contribution >= 0.6 is 11.8 Å². The number of aliphatic hydroxyl groups excluding tert-OH is 1. The summed E-state index contributed by atoms with van der Waals surface area (Å²) in [5, 5.41) is 21.9. The number of hydrogen-bond acceptors (Lipinski definition) is 8. The van der Waals surface area contributed by atoms with Crippen molar-refractivity contribution in [2.24, 2.45) is 0 Å². The molecule has 0 saturated carbocycles. The smallest absolute Gasteiger partial charge is 0.471 e. The molecule has 5 rings (SSSR count). The predicted octanol–water partition coefficient (Wildman–Crippen LogP) is 5.10. The SMILES string of the molecule is O=C(O)c1cccnc1SC[C@H]1C[C@@H](c2ccc(CO)cc2)O[C@@H](c2ccc(NC(=O)[C@@H]3CCCN3C(=O)C(F)(F)F)cc2)O1. The van der Waals surface area contributed by atoms with Crippen LogP contribution in [0.1, 0.15) is 58.7 Å². The average molecular weight is 646 g/mol. The lowest BCUT2D eigenvalue weighted by atomic mass is 10.0. The third-order valence-electron chi connectivity index (χ3n) is 7.53. The van der Waals surface area contributed by atoms with E-state index in [9.17, 15) is 37.8 Å². The number of thioether (sulfide) groups is 1. The summed E-state index contributed by atoms with van der Waals surface area (Å²) >= 11 is 1.26. The Hall–Kier alpha value is -3.98. The Morgan fingerprint density at radius 3 is 2.40 bits per heavy atom. The number of likely N-dealkylation sites (tertiary alicyclic amines) is 1.